The van der Waals surface area contributed by atoms with Crippen molar-refractivity contribution in [2.45, 2.75) is 38.2 Å². The largest absolute Gasteiger partial charge is 0.377 e. The first-order valence-corrected chi connectivity index (χ1v) is 7.14. The smallest absolute Gasteiger partial charge is 0.0594 e. The molecule has 0 bridgehead atoms. The van der Waals surface area contributed by atoms with E-state index in [4.69, 9.17) is 4.74 Å². The van der Waals surface area contributed by atoms with Crippen molar-refractivity contribution in [2.75, 3.05) is 31.7 Å². The van der Waals surface area contributed by atoms with Gasteiger partial charge in [0.25, 0.3) is 0 Å². The van der Waals surface area contributed by atoms with Gasteiger partial charge in [-0.15, -0.1) is 0 Å². The maximum absolute atomic E-state index is 5.74. The second kappa shape index (κ2) is 8.57. The van der Waals surface area contributed by atoms with E-state index in [1.54, 1.807) is 0 Å². The van der Waals surface area contributed by atoms with Crippen molar-refractivity contribution in [1.29, 1.82) is 0 Å². The molecule has 1 rings (SSSR count). The summed E-state index contributed by atoms with van der Waals surface area (Å²) in [6, 6.07) is 0. The zero-order valence-corrected chi connectivity index (χ0v) is 10.1. The van der Waals surface area contributed by atoms with Crippen molar-refractivity contribution in [3.8, 4) is 0 Å². The van der Waals surface area contributed by atoms with Gasteiger partial charge in [-0.3, -0.25) is 0 Å². The van der Waals surface area contributed by atoms with Crippen molar-refractivity contribution in [1.82, 2.24) is 5.32 Å². The molecule has 0 radical (unpaired) electrons. The third-order valence-corrected chi connectivity index (χ3v) is 3.33. The van der Waals surface area contributed by atoms with Crippen LogP contribution in [0.25, 0.3) is 0 Å². The van der Waals surface area contributed by atoms with Gasteiger partial charge < -0.3 is 10.1 Å². The van der Waals surface area contributed by atoms with Crippen LogP contribution in [0.3, 0.4) is 0 Å². The van der Waals surface area contributed by atoms with Gasteiger partial charge in [-0.05, 0) is 37.8 Å². The second-order valence-electron chi connectivity index (χ2n) is 3.87. The van der Waals surface area contributed by atoms with Crippen LogP contribution < -0.4 is 5.32 Å². The fourth-order valence-corrected chi connectivity index (χ4v) is 2.25. The average molecular weight is 217 g/mol. The van der Waals surface area contributed by atoms with E-state index in [0.29, 0.717) is 6.10 Å². The third kappa shape index (κ3) is 5.89. The van der Waals surface area contributed by atoms with Crippen LogP contribution in [0.15, 0.2) is 0 Å². The van der Waals surface area contributed by atoms with Crippen molar-refractivity contribution >= 4 is 11.8 Å². The fourth-order valence-electron chi connectivity index (χ4n) is 1.82. The van der Waals surface area contributed by atoms with E-state index in [-0.39, 0.29) is 0 Å². The van der Waals surface area contributed by atoms with Gasteiger partial charge in [-0.2, -0.15) is 11.8 Å². The van der Waals surface area contributed by atoms with E-state index in [0.717, 1.165) is 19.7 Å². The zero-order valence-electron chi connectivity index (χ0n) is 9.26. The molecule has 0 heterocycles. The summed E-state index contributed by atoms with van der Waals surface area (Å²) in [7, 11) is 0. The van der Waals surface area contributed by atoms with E-state index in [9.17, 15) is 0 Å². The minimum atomic E-state index is 0.572. The molecule has 0 unspecified atom stereocenters. The summed E-state index contributed by atoms with van der Waals surface area (Å²) in [5.41, 5.74) is 0. The lowest BCUT2D eigenvalue weighted by Crippen LogP contribution is -2.23. The molecule has 0 aromatic carbocycles. The molecule has 0 aliphatic heterocycles. The molecule has 0 aromatic heterocycles. The van der Waals surface area contributed by atoms with E-state index >= 15 is 0 Å². The minimum absolute atomic E-state index is 0.572. The highest BCUT2D eigenvalue weighted by molar-refractivity contribution is 7.98. The molecule has 84 valence electrons. The molecule has 1 fully saturated rings. The topological polar surface area (TPSA) is 21.3 Å². The third-order valence-electron chi connectivity index (χ3n) is 2.64. The quantitative estimate of drug-likeness (QED) is 0.630. The Hall–Kier alpha value is 0.270. The molecule has 1 N–H and O–H groups in total. The van der Waals surface area contributed by atoms with Crippen LogP contribution in [0.1, 0.15) is 32.1 Å². The summed E-state index contributed by atoms with van der Waals surface area (Å²) in [6.45, 7) is 3.05. The van der Waals surface area contributed by atoms with E-state index in [1.165, 1.54) is 37.9 Å². The Morgan fingerprint density at radius 2 is 2.07 bits per heavy atom. The molecular formula is C11H23NOS. The Kier molecular flexibility index (Phi) is 7.55. The number of hydrogen-bond donors (Lipinski definition) is 1. The minimum Gasteiger partial charge on any atom is -0.377 e. The van der Waals surface area contributed by atoms with Gasteiger partial charge in [0.05, 0.1) is 12.7 Å². The van der Waals surface area contributed by atoms with Crippen molar-refractivity contribution in [2.24, 2.45) is 0 Å². The predicted octanol–water partition coefficient (Wildman–Crippen LogP) is 2.29. The highest BCUT2D eigenvalue weighted by Gasteiger charge is 2.14. The molecule has 0 saturated heterocycles. The second-order valence-corrected chi connectivity index (χ2v) is 4.86. The van der Waals surface area contributed by atoms with Gasteiger partial charge >= 0.3 is 0 Å². The first kappa shape index (κ1) is 12.3. The first-order chi connectivity index (χ1) is 6.93. The van der Waals surface area contributed by atoms with Gasteiger partial charge in [-0.25, -0.2) is 0 Å². The lowest BCUT2D eigenvalue weighted by atomic mass is 10.3. The number of ether oxygens (including phenoxy) is 1. The Labute approximate surface area is 92.2 Å². The highest BCUT2D eigenvalue weighted by Crippen LogP contribution is 2.20. The normalized spacial score (nSPS) is 17.8. The van der Waals surface area contributed by atoms with Crippen molar-refractivity contribution in [3.63, 3.8) is 0 Å². The summed E-state index contributed by atoms with van der Waals surface area (Å²) in [5.74, 6) is 1.26. The molecule has 0 aromatic rings. The molecule has 0 amide bonds. The van der Waals surface area contributed by atoms with E-state index in [2.05, 4.69) is 11.6 Å². The number of hydrogen-bond acceptors (Lipinski definition) is 3. The van der Waals surface area contributed by atoms with Crippen LogP contribution in [0.5, 0.6) is 0 Å². The highest BCUT2D eigenvalue weighted by atomic mass is 32.2. The Bertz CT molecular complexity index is 126. The standard InChI is InChI=1S/C11H23NOS/c1-14-10-4-7-12-8-9-13-11-5-2-3-6-11/h11-12H,2-10H2,1H3. The van der Waals surface area contributed by atoms with Gasteiger partial charge in [-0.1, -0.05) is 12.8 Å². The maximum atomic E-state index is 5.74. The molecule has 2 nitrogen and oxygen atoms in total. The fraction of sp³-hybridized carbons (Fsp3) is 1.00. The Balaban J connectivity index is 1.75. The van der Waals surface area contributed by atoms with E-state index in [1.807, 2.05) is 11.8 Å². The Morgan fingerprint density at radius 3 is 2.79 bits per heavy atom. The summed E-state index contributed by atoms with van der Waals surface area (Å²) < 4.78 is 5.74. The molecular weight excluding hydrogens is 194 g/mol. The molecule has 1 aliphatic carbocycles. The lowest BCUT2D eigenvalue weighted by molar-refractivity contribution is 0.0605. The van der Waals surface area contributed by atoms with Crippen LogP contribution >= 0.6 is 11.8 Å². The molecule has 14 heavy (non-hydrogen) atoms. The monoisotopic (exact) mass is 217 g/mol. The molecule has 1 saturated carbocycles. The zero-order chi connectivity index (χ0) is 10.1. The average Bonchev–Trinajstić information content (AvgIpc) is 2.69. The number of rotatable bonds is 8. The maximum Gasteiger partial charge on any atom is 0.0594 e. The summed E-state index contributed by atoms with van der Waals surface area (Å²) in [6.07, 6.45) is 9.30. The Morgan fingerprint density at radius 1 is 1.29 bits per heavy atom. The van der Waals surface area contributed by atoms with Crippen LogP contribution in [-0.2, 0) is 4.74 Å². The molecule has 0 spiro atoms. The van der Waals surface area contributed by atoms with Crippen LogP contribution in [0, 0.1) is 0 Å². The number of nitrogens with one attached hydrogen (secondary N) is 1. The summed E-state index contributed by atoms with van der Waals surface area (Å²) >= 11 is 1.91. The molecule has 1 aliphatic rings. The van der Waals surface area contributed by atoms with Crippen molar-refractivity contribution in [3.05, 3.63) is 0 Å². The van der Waals surface area contributed by atoms with Crippen LogP contribution in [0.4, 0.5) is 0 Å². The van der Waals surface area contributed by atoms with Gasteiger partial charge in [0.2, 0.25) is 0 Å². The summed E-state index contributed by atoms with van der Waals surface area (Å²) in [4.78, 5) is 0. The van der Waals surface area contributed by atoms with Crippen LogP contribution in [-0.4, -0.2) is 37.8 Å². The lowest BCUT2D eigenvalue weighted by Gasteiger charge is -2.11. The van der Waals surface area contributed by atoms with Crippen molar-refractivity contribution < 1.29 is 4.74 Å². The SMILES string of the molecule is CSCCCNCCOC1CCCC1. The van der Waals surface area contributed by atoms with Gasteiger partial charge in [0.15, 0.2) is 0 Å². The summed E-state index contributed by atoms with van der Waals surface area (Å²) in [5, 5.41) is 3.41. The van der Waals surface area contributed by atoms with Gasteiger partial charge in [0, 0.05) is 6.54 Å². The first-order valence-electron chi connectivity index (χ1n) is 5.74. The number of thioether (sulfide) groups is 1. The van der Waals surface area contributed by atoms with Crippen LogP contribution in [0.2, 0.25) is 0 Å². The van der Waals surface area contributed by atoms with E-state index < -0.39 is 0 Å². The van der Waals surface area contributed by atoms with Gasteiger partial charge in [0.1, 0.15) is 0 Å². The molecule has 0 atom stereocenters. The predicted molar refractivity (Wildman–Crippen MR) is 64.1 cm³/mol. The molecule has 3 heteroatoms.